The van der Waals surface area contributed by atoms with Crippen molar-refractivity contribution in [3.8, 4) is 0 Å². The maximum Gasteiger partial charge on any atom is 0.271 e. The smallest absolute Gasteiger partial charge is 0.271 e. The SMILES string of the molecule is O=[N+]([O-])c1ccc2nc(NCCCn3ccnn3)[nH]c2c1. The van der Waals surface area contributed by atoms with Crippen LogP contribution in [0.3, 0.4) is 0 Å². The Morgan fingerprint density at radius 3 is 3.10 bits per heavy atom. The molecule has 0 atom stereocenters. The van der Waals surface area contributed by atoms with Crippen LogP contribution in [0.25, 0.3) is 11.0 Å². The number of nitrogens with zero attached hydrogens (tertiary/aromatic N) is 5. The Hall–Kier alpha value is -2.97. The number of H-pyrrole nitrogens is 1. The molecule has 0 unspecified atom stereocenters. The minimum absolute atomic E-state index is 0.0453. The van der Waals surface area contributed by atoms with Gasteiger partial charge in [0.1, 0.15) is 0 Å². The fraction of sp³-hybridized carbons (Fsp3) is 0.250. The molecule has 9 nitrogen and oxygen atoms in total. The van der Waals surface area contributed by atoms with Gasteiger partial charge in [-0.15, -0.1) is 5.10 Å². The molecule has 0 bridgehead atoms. The molecule has 3 rings (SSSR count). The predicted molar refractivity (Wildman–Crippen MR) is 75.9 cm³/mol. The number of non-ortho nitro benzene ring substituents is 1. The van der Waals surface area contributed by atoms with Crippen molar-refractivity contribution < 1.29 is 4.92 Å². The van der Waals surface area contributed by atoms with Gasteiger partial charge in [0, 0.05) is 31.4 Å². The van der Waals surface area contributed by atoms with E-state index in [2.05, 4.69) is 25.6 Å². The highest BCUT2D eigenvalue weighted by molar-refractivity contribution is 5.79. The van der Waals surface area contributed by atoms with Crippen molar-refractivity contribution in [3.63, 3.8) is 0 Å². The number of nitrogens with one attached hydrogen (secondary N) is 2. The Kier molecular flexibility index (Phi) is 3.46. The highest BCUT2D eigenvalue weighted by Crippen LogP contribution is 2.20. The molecule has 0 aliphatic heterocycles. The molecule has 0 saturated heterocycles. The number of aryl methyl sites for hydroxylation is 1. The first-order valence-corrected chi connectivity index (χ1v) is 6.44. The van der Waals surface area contributed by atoms with Gasteiger partial charge in [0.25, 0.3) is 5.69 Å². The summed E-state index contributed by atoms with van der Waals surface area (Å²) in [5.74, 6) is 0.601. The molecule has 0 aliphatic carbocycles. The fourth-order valence-electron chi connectivity index (χ4n) is 1.99. The normalized spacial score (nSPS) is 10.9. The Labute approximate surface area is 119 Å². The van der Waals surface area contributed by atoms with Crippen molar-refractivity contribution in [2.75, 3.05) is 11.9 Å². The maximum atomic E-state index is 10.7. The third-order valence-electron chi connectivity index (χ3n) is 3.00. The minimum Gasteiger partial charge on any atom is -0.356 e. The van der Waals surface area contributed by atoms with E-state index in [1.165, 1.54) is 12.1 Å². The first-order valence-electron chi connectivity index (χ1n) is 6.44. The van der Waals surface area contributed by atoms with Gasteiger partial charge in [-0.05, 0) is 12.5 Å². The largest absolute Gasteiger partial charge is 0.356 e. The molecule has 2 heterocycles. The quantitative estimate of drug-likeness (QED) is 0.404. The molecule has 0 radical (unpaired) electrons. The van der Waals surface area contributed by atoms with Gasteiger partial charge in [-0.1, -0.05) is 5.21 Å². The summed E-state index contributed by atoms with van der Waals surface area (Å²) in [5, 5.41) is 21.5. The van der Waals surface area contributed by atoms with Gasteiger partial charge in [-0.3, -0.25) is 14.8 Å². The van der Waals surface area contributed by atoms with E-state index in [1.54, 1.807) is 23.1 Å². The van der Waals surface area contributed by atoms with Crippen LogP contribution in [0.15, 0.2) is 30.6 Å². The van der Waals surface area contributed by atoms with Crippen LogP contribution < -0.4 is 5.32 Å². The Balaban J connectivity index is 1.60. The standard InChI is InChI=1S/C12H13N7O2/c20-19(21)9-2-3-10-11(8-9)16-12(15-10)13-4-1-6-18-7-5-14-17-18/h2-3,5,7-8H,1,4,6H2,(H2,13,15,16). The highest BCUT2D eigenvalue weighted by Gasteiger charge is 2.09. The molecular weight excluding hydrogens is 274 g/mol. The van der Waals surface area contributed by atoms with Crippen molar-refractivity contribution in [1.82, 2.24) is 25.0 Å². The van der Waals surface area contributed by atoms with E-state index in [9.17, 15) is 10.1 Å². The van der Waals surface area contributed by atoms with Gasteiger partial charge in [0.05, 0.1) is 22.2 Å². The second kappa shape index (κ2) is 5.57. The number of hydrogen-bond acceptors (Lipinski definition) is 6. The lowest BCUT2D eigenvalue weighted by Crippen LogP contribution is -2.08. The van der Waals surface area contributed by atoms with E-state index < -0.39 is 4.92 Å². The summed E-state index contributed by atoms with van der Waals surface area (Å²) >= 11 is 0. The van der Waals surface area contributed by atoms with Crippen LogP contribution in [0.1, 0.15) is 6.42 Å². The van der Waals surface area contributed by atoms with Crippen LogP contribution >= 0.6 is 0 Å². The molecular formula is C12H13N7O2. The summed E-state index contributed by atoms with van der Waals surface area (Å²) < 4.78 is 1.75. The number of rotatable bonds is 6. The van der Waals surface area contributed by atoms with E-state index in [0.717, 1.165) is 13.0 Å². The number of benzene rings is 1. The maximum absolute atomic E-state index is 10.7. The van der Waals surface area contributed by atoms with Crippen molar-refractivity contribution in [3.05, 3.63) is 40.7 Å². The van der Waals surface area contributed by atoms with Gasteiger partial charge in [-0.25, -0.2) is 4.98 Å². The van der Waals surface area contributed by atoms with Crippen LogP contribution in [0.2, 0.25) is 0 Å². The second-order valence-electron chi connectivity index (χ2n) is 4.49. The minimum atomic E-state index is -0.425. The van der Waals surface area contributed by atoms with Crippen molar-refractivity contribution in [1.29, 1.82) is 0 Å². The Morgan fingerprint density at radius 2 is 2.33 bits per heavy atom. The van der Waals surface area contributed by atoms with Gasteiger partial charge in [-0.2, -0.15) is 0 Å². The third kappa shape index (κ3) is 2.96. The number of anilines is 1. The lowest BCUT2D eigenvalue weighted by atomic mass is 10.3. The molecule has 21 heavy (non-hydrogen) atoms. The lowest BCUT2D eigenvalue weighted by Gasteiger charge is -2.02. The van der Waals surface area contributed by atoms with E-state index in [-0.39, 0.29) is 5.69 Å². The molecule has 3 aromatic rings. The Bertz CT molecular complexity index is 750. The molecule has 0 aliphatic rings. The molecule has 9 heteroatoms. The van der Waals surface area contributed by atoms with Crippen LogP contribution in [0.5, 0.6) is 0 Å². The molecule has 0 spiro atoms. The van der Waals surface area contributed by atoms with E-state index in [0.29, 0.717) is 23.5 Å². The average molecular weight is 287 g/mol. The number of hydrogen-bond donors (Lipinski definition) is 2. The summed E-state index contributed by atoms with van der Waals surface area (Å²) in [4.78, 5) is 17.6. The monoisotopic (exact) mass is 287 g/mol. The van der Waals surface area contributed by atoms with E-state index in [4.69, 9.17) is 0 Å². The first kappa shape index (κ1) is 13.0. The summed E-state index contributed by atoms with van der Waals surface area (Å²) in [6.45, 7) is 1.47. The fourth-order valence-corrected chi connectivity index (χ4v) is 1.99. The van der Waals surface area contributed by atoms with Gasteiger partial charge < -0.3 is 10.3 Å². The zero-order valence-corrected chi connectivity index (χ0v) is 11.1. The first-order chi connectivity index (χ1) is 10.2. The average Bonchev–Trinajstić information content (AvgIpc) is 3.11. The van der Waals surface area contributed by atoms with Crippen molar-refractivity contribution >= 4 is 22.7 Å². The zero-order chi connectivity index (χ0) is 14.7. The summed E-state index contributed by atoms with van der Waals surface area (Å²) in [6, 6.07) is 4.55. The number of nitro benzene ring substituents is 1. The predicted octanol–water partition coefficient (Wildman–Crippen LogP) is 1.56. The zero-order valence-electron chi connectivity index (χ0n) is 11.1. The topological polar surface area (TPSA) is 115 Å². The highest BCUT2D eigenvalue weighted by atomic mass is 16.6. The summed E-state index contributed by atoms with van der Waals surface area (Å²) in [6.07, 6.45) is 4.31. The lowest BCUT2D eigenvalue weighted by molar-refractivity contribution is -0.384. The second-order valence-corrected chi connectivity index (χ2v) is 4.49. The number of aromatic amines is 1. The van der Waals surface area contributed by atoms with Crippen LogP contribution in [-0.4, -0.2) is 36.4 Å². The number of imidazole rings is 1. The van der Waals surface area contributed by atoms with Gasteiger partial charge in [0.15, 0.2) is 0 Å². The van der Waals surface area contributed by atoms with Gasteiger partial charge in [0.2, 0.25) is 5.95 Å². The van der Waals surface area contributed by atoms with Crippen LogP contribution in [0.4, 0.5) is 11.6 Å². The summed E-state index contributed by atoms with van der Waals surface area (Å²) in [5.41, 5.74) is 1.38. The molecule has 2 N–H and O–H groups in total. The Morgan fingerprint density at radius 1 is 1.43 bits per heavy atom. The van der Waals surface area contributed by atoms with Crippen molar-refractivity contribution in [2.24, 2.45) is 0 Å². The van der Waals surface area contributed by atoms with Crippen LogP contribution in [0, 0.1) is 10.1 Å². The van der Waals surface area contributed by atoms with E-state index >= 15 is 0 Å². The molecule has 0 saturated carbocycles. The molecule has 0 amide bonds. The van der Waals surface area contributed by atoms with Crippen LogP contribution in [-0.2, 0) is 6.54 Å². The molecule has 2 aromatic heterocycles. The summed E-state index contributed by atoms with van der Waals surface area (Å²) in [7, 11) is 0. The number of fused-ring (bicyclic) bond motifs is 1. The molecule has 1 aromatic carbocycles. The molecule has 0 fully saturated rings. The number of aromatic nitrogens is 5. The number of nitro groups is 1. The third-order valence-corrected chi connectivity index (χ3v) is 3.00. The van der Waals surface area contributed by atoms with E-state index in [1.807, 2.05) is 0 Å². The molecule has 108 valence electrons. The van der Waals surface area contributed by atoms with Crippen molar-refractivity contribution in [2.45, 2.75) is 13.0 Å². The van der Waals surface area contributed by atoms with Gasteiger partial charge >= 0.3 is 0 Å².